The molecule has 1 aromatic rings. The van der Waals surface area contributed by atoms with Gasteiger partial charge in [-0.15, -0.1) is 0 Å². The molecule has 0 spiro atoms. The van der Waals surface area contributed by atoms with E-state index < -0.39 is 18.2 Å². The van der Waals surface area contributed by atoms with E-state index in [1.165, 1.54) is 34.8 Å². The number of cyclic esters (lactones) is 1. The topological polar surface area (TPSA) is 69.7 Å². The summed E-state index contributed by atoms with van der Waals surface area (Å²) >= 11 is 1.99. The molecule has 2 heterocycles. The van der Waals surface area contributed by atoms with Gasteiger partial charge in [0.2, 0.25) is 0 Å². The van der Waals surface area contributed by atoms with Crippen LogP contribution in [-0.2, 0) is 9.53 Å². The lowest BCUT2D eigenvalue weighted by atomic mass is 9.93. The van der Waals surface area contributed by atoms with Crippen molar-refractivity contribution in [3.8, 4) is 0 Å². The van der Waals surface area contributed by atoms with E-state index in [0.717, 1.165) is 0 Å². The van der Waals surface area contributed by atoms with Crippen molar-refractivity contribution in [1.29, 1.82) is 0 Å². The van der Waals surface area contributed by atoms with Gasteiger partial charge in [0.05, 0.1) is 12.5 Å². The second-order valence-electron chi connectivity index (χ2n) is 5.28. The number of carbonyl (C=O) groups is 2. The van der Waals surface area contributed by atoms with Crippen LogP contribution >= 0.6 is 11.8 Å². The van der Waals surface area contributed by atoms with Crippen LogP contribution < -0.4 is 10.0 Å². The largest absolute Gasteiger partial charge is 0.546 e. The fourth-order valence-corrected chi connectivity index (χ4v) is 3.86. The Balaban J connectivity index is 1.72. The minimum absolute atomic E-state index is 0.000577. The SMILES string of the molecule is O=C([O-])C1CN(c2ccc(C3CCSCC3)cc2)C(=O)O1. The zero-order chi connectivity index (χ0) is 14.8. The molecule has 1 amide bonds. The highest BCUT2D eigenvalue weighted by Gasteiger charge is 2.33. The van der Waals surface area contributed by atoms with Gasteiger partial charge in [-0.25, -0.2) is 4.79 Å². The van der Waals surface area contributed by atoms with Gasteiger partial charge in [0.25, 0.3) is 0 Å². The van der Waals surface area contributed by atoms with Crippen LogP contribution in [0.4, 0.5) is 10.5 Å². The average molecular weight is 306 g/mol. The van der Waals surface area contributed by atoms with Crippen LogP contribution in [0.1, 0.15) is 24.3 Å². The van der Waals surface area contributed by atoms with Crippen molar-refractivity contribution in [2.45, 2.75) is 24.9 Å². The molecular weight excluding hydrogens is 290 g/mol. The maximum absolute atomic E-state index is 11.7. The number of nitrogens with zero attached hydrogens (tertiary/aromatic N) is 1. The molecule has 21 heavy (non-hydrogen) atoms. The summed E-state index contributed by atoms with van der Waals surface area (Å²) in [5.41, 5.74) is 1.95. The Morgan fingerprint density at radius 1 is 1.24 bits per heavy atom. The van der Waals surface area contributed by atoms with Crippen molar-refractivity contribution in [3.05, 3.63) is 29.8 Å². The summed E-state index contributed by atoms with van der Waals surface area (Å²) in [4.78, 5) is 23.8. The van der Waals surface area contributed by atoms with Crippen molar-refractivity contribution in [1.82, 2.24) is 0 Å². The second-order valence-corrected chi connectivity index (χ2v) is 6.50. The third-order valence-corrected chi connectivity index (χ3v) is 5.02. The summed E-state index contributed by atoms with van der Waals surface area (Å²) in [5.74, 6) is 1.61. The molecule has 0 radical (unpaired) electrons. The lowest BCUT2D eigenvalue weighted by Crippen LogP contribution is -2.38. The lowest BCUT2D eigenvalue weighted by molar-refractivity contribution is -0.313. The zero-order valence-corrected chi connectivity index (χ0v) is 12.3. The maximum atomic E-state index is 11.7. The monoisotopic (exact) mass is 306 g/mol. The summed E-state index contributed by atoms with van der Waals surface area (Å²) in [6.07, 6.45) is 0.545. The quantitative estimate of drug-likeness (QED) is 0.843. The Labute approximate surface area is 127 Å². The molecule has 2 saturated heterocycles. The molecule has 112 valence electrons. The highest BCUT2D eigenvalue weighted by molar-refractivity contribution is 7.99. The molecule has 2 aliphatic rings. The number of aliphatic carboxylic acids is 1. The fourth-order valence-electron chi connectivity index (χ4n) is 2.75. The Kier molecular flexibility index (Phi) is 4.05. The average Bonchev–Trinajstić information content (AvgIpc) is 2.91. The van der Waals surface area contributed by atoms with Gasteiger partial charge >= 0.3 is 6.09 Å². The minimum atomic E-state index is -1.36. The highest BCUT2D eigenvalue weighted by Crippen LogP contribution is 2.32. The number of hydrogen-bond acceptors (Lipinski definition) is 5. The van der Waals surface area contributed by atoms with Crippen molar-refractivity contribution >= 4 is 29.5 Å². The van der Waals surface area contributed by atoms with Gasteiger partial charge in [0.1, 0.15) is 0 Å². The number of anilines is 1. The Morgan fingerprint density at radius 2 is 1.90 bits per heavy atom. The van der Waals surface area contributed by atoms with E-state index in [2.05, 4.69) is 0 Å². The van der Waals surface area contributed by atoms with Gasteiger partial charge in [0, 0.05) is 5.69 Å². The molecule has 1 unspecified atom stereocenters. The normalized spacial score (nSPS) is 23.1. The molecule has 0 N–H and O–H groups in total. The molecule has 2 fully saturated rings. The number of carboxylic acids is 1. The van der Waals surface area contributed by atoms with Crippen LogP contribution in [-0.4, -0.2) is 36.2 Å². The zero-order valence-electron chi connectivity index (χ0n) is 11.5. The first-order valence-corrected chi connectivity index (χ1v) is 8.17. The van der Waals surface area contributed by atoms with Gasteiger partial charge in [-0.3, -0.25) is 4.90 Å². The van der Waals surface area contributed by atoms with E-state index in [1.807, 2.05) is 36.0 Å². The first kappa shape index (κ1) is 14.3. The molecule has 0 saturated carbocycles. The van der Waals surface area contributed by atoms with Crippen LogP contribution in [0.5, 0.6) is 0 Å². The Hall–Kier alpha value is -1.69. The number of carboxylic acid groups (broad SMARTS) is 1. The molecule has 0 aliphatic carbocycles. The summed E-state index contributed by atoms with van der Waals surface area (Å²) in [6, 6.07) is 7.76. The standard InChI is InChI=1S/C15H17NO4S/c17-14(18)13-9-16(15(19)20-13)12-3-1-10(2-4-12)11-5-7-21-8-6-11/h1-4,11,13H,5-9H2,(H,17,18)/p-1. The summed E-state index contributed by atoms with van der Waals surface area (Å²) in [5, 5.41) is 10.8. The molecule has 1 aromatic carbocycles. The Bertz CT molecular complexity index is 539. The van der Waals surface area contributed by atoms with E-state index in [9.17, 15) is 14.7 Å². The van der Waals surface area contributed by atoms with Crippen LogP contribution in [0.3, 0.4) is 0 Å². The number of ether oxygens (including phenoxy) is 1. The molecule has 2 aliphatic heterocycles. The van der Waals surface area contributed by atoms with Gasteiger partial charge < -0.3 is 14.6 Å². The van der Waals surface area contributed by atoms with Crippen molar-refractivity contribution in [2.24, 2.45) is 0 Å². The number of hydrogen-bond donors (Lipinski definition) is 0. The van der Waals surface area contributed by atoms with Gasteiger partial charge in [0.15, 0.2) is 6.10 Å². The van der Waals surface area contributed by atoms with Crippen LogP contribution in [0.15, 0.2) is 24.3 Å². The number of thioether (sulfide) groups is 1. The van der Waals surface area contributed by atoms with Gasteiger partial charge in [-0.05, 0) is 48.0 Å². The van der Waals surface area contributed by atoms with Crippen LogP contribution in [0.2, 0.25) is 0 Å². The Morgan fingerprint density at radius 3 is 2.48 bits per heavy atom. The van der Waals surface area contributed by atoms with Crippen LogP contribution in [0.25, 0.3) is 0 Å². The number of rotatable bonds is 3. The number of benzene rings is 1. The predicted molar refractivity (Wildman–Crippen MR) is 78.4 cm³/mol. The van der Waals surface area contributed by atoms with Gasteiger partial charge in [-0.1, -0.05) is 12.1 Å². The smallest absolute Gasteiger partial charge is 0.415 e. The third kappa shape index (κ3) is 3.00. The van der Waals surface area contributed by atoms with Crippen molar-refractivity contribution < 1.29 is 19.4 Å². The van der Waals surface area contributed by atoms with E-state index in [4.69, 9.17) is 4.74 Å². The molecule has 5 nitrogen and oxygen atoms in total. The number of carbonyl (C=O) groups excluding carboxylic acids is 2. The van der Waals surface area contributed by atoms with E-state index >= 15 is 0 Å². The summed E-state index contributed by atoms with van der Waals surface area (Å²) < 4.78 is 4.76. The second kappa shape index (κ2) is 5.97. The molecule has 1 atom stereocenters. The fraction of sp³-hybridized carbons (Fsp3) is 0.467. The van der Waals surface area contributed by atoms with Crippen molar-refractivity contribution in [2.75, 3.05) is 23.0 Å². The highest BCUT2D eigenvalue weighted by atomic mass is 32.2. The van der Waals surface area contributed by atoms with E-state index in [1.54, 1.807) is 0 Å². The molecular formula is C15H16NO4S-. The first-order chi connectivity index (χ1) is 10.1. The van der Waals surface area contributed by atoms with Crippen molar-refractivity contribution in [3.63, 3.8) is 0 Å². The van der Waals surface area contributed by atoms with Gasteiger partial charge in [-0.2, -0.15) is 11.8 Å². The number of amides is 1. The van der Waals surface area contributed by atoms with Crippen LogP contribution in [0, 0.1) is 0 Å². The van der Waals surface area contributed by atoms with E-state index in [0.29, 0.717) is 11.6 Å². The summed E-state index contributed by atoms with van der Waals surface area (Å²) in [7, 11) is 0. The first-order valence-electron chi connectivity index (χ1n) is 7.02. The van der Waals surface area contributed by atoms with E-state index in [-0.39, 0.29) is 6.54 Å². The third-order valence-electron chi connectivity index (χ3n) is 3.97. The molecule has 0 aromatic heterocycles. The predicted octanol–water partition coefficient (Wildman–Crippen LogP) is 1.37. The maximum Gasteiger partial charge on any atom is 0.415 e. The molecule has 0 bridgehead atoms. The lowest BCUT2D eigenvalue weighted by Gasteiger charge is -2.22. The molecule has 6 heteroatoms. The minimum Gasteiger partial charge on any atom is -0.546 e. The molecule has 3 rings (SSSR count). The summed E-state index contributed by atoms with van der Waals surface area (Å²) in [6.45, 7) is 0.000577.